The number of nitrogens with one attached hydrogen (secondary N) is 1. The molecule has 1 heterocycles. The average Bonchev–Trinajstić information content (AvgIpc) is 2.82. The molecule has 1 atom stereocenters. The van der Waals surface area contributed by atoms with E-state index in [0.717, 1.165) is 5.56 Å². The van der Waals surface area contributed by atoms with Crippen LogP contribution in [0.1, 0.15) is 10.9 Å². The number of aromatic nitrogens is 1. The Kier molecular flexibility index (Phi) is 3.22. The highest BCUT2D eigenvalue weighted by atomic mass is 35.5. The molecule has 0 aliphatic rings. The van der Waals surface area contributed by atoms with E-state index in [9.17, 15) is 4.79 Å². The summed E-state index contributed by atoms with van der Waals surface area (Å²) in [5, 5.41) is 5.37. The number of hydrogen-bond donors (Lipinski definition) is 1. The summed E-state index contributed by atoms with van der Waals surface area (Å²) in [7, 11) is 0. The highest BCUT2D eigenvalue weighted by molar-refractivity contribution is 6.32. The van der Waals surface area contributed by atoms with Gasteiger partial charge in [-0.1, -0.05) is 35.5 Å². The van der Waals surface area contributed by atoms with E-state index in [4.69, 9.17) is 11.6 Å². The van der Waals surface area contributed by atoms with Crippen molar-refractivity contribution in [3.63, 3.8) is 0 Å². The number of anilines is 1. The van der Waals surface area contributed by atoms with Crippen molar-refractivity contribution in [2.24, 2.45) is 0 Å². The van der Waals surface area contributed by atoms with Gasteiger partial charge in [0.1, 0.15) is 11.6 Å². The van der Waals surface area contributed by atoms with Gasteiger partial charge in [0.15, 0.2) is 5.82 Å². The van der Waals surface area contributed by atoms with Crippen LogP contribution in [0, 0.1) is 0 Å². The Balaban J connectivity index is 2.05. The second-order valence-corrected chi connectivity index (χ2v) is 3.58. The fourth-order valence-corrected chi connectivity index (χ4v) is 1.44. The highest BCUT2D eigenvalue weighted by Gasteiger charge is 2.17. The summed E-state index contributed by atoms with van der Waals surface area (Å²) >= 11 is 6.00. The summed E-state index contributed by atoms with van der Waals surface area (Å²) in [4.78, 5) is 11.7. The summed E-state index contributed by atoms with van der Waals surface area (Å²) in [6, 6.07) is 10.7. The molecule has 5 heteroatoms. The Bertz CT molecular complexity index is 456. The molecule has 2 aromatic rings. The number of hydrogen-bond acceptors (Lipinski definition) is 3. The summed E-state index contributed by atoms with van der Waals surface area (Å²) in [6.45, 7) is 0. The summed E-state index contributed by atoms with van der Waals surface area (Å²) in [5.41, 5.74) is 0.741. The van der Waals surface area contributed by atoms with Crippen LogP contribution in [-0.4, -0.2) is 11.1 Å². The van der Waals surface area contributed by atoms with Gasteiger partial charge in [-0.25, -0.2) is 0 Å². The quantitative estimate of drug-likeness (QED) is 0.834. The molecule has 1 unspecified atom stereocenters. The Hall–Kier alpha value is -1.81. The predicted molar refractivity (Wildman–Crippen MR) is 60.2 cm³/mol. The zero-order valence-electron chi connectivity index (χ0n) is 8.26. The Morgan fingerprint density at radius 2 is 2.06 bits per heavy atom. The van der Waals surface area contributed by atoms with Gasteiger partial charge in [-0.05, 0) is 5.56 Å². The first-order valence-corrected chi connectivity index (χ1v) is 5.11. The minimum absolute atomic E-state index is 0.332. The van der Waals surface area contributed by atoms with Crippen LogP contribution in [0.4, 0.5) is 5.82 Å². The molecule has 16 heavy (non-hydrogen) atoms. The van der Waals surface area contributed by atoms with Crippen LogP contribution in [0.5, 0.6) is 0 Å². The molecule has 1 amide bonds. The summed E-state index contributed by atoms with van der Waals surface area (Å²) < 4.78 is 4.59. The summed E-state index contributed by atoms with van der Waals surface area (Å²) in [6.07, 6.45) is 1.38. The summed E-state index contributed by atoms with van der Waals surface area (Å²) in [5.74, 6) is 0.0216. The van der Waals surface area contributed by atoms with Crippen LogP contribution in [0.2, 0.25) is 0 Å². The number of alkyl halides is 1. The van der Waals surface area contributed by atoms with E-state index in [0.29, 0.717) is 5.82 Å². The van der Waals surface area contributed by atoms with Crippen LogP contribution in [0.15, 0.2) is 47.2 Å². The van der Waals surface area contributed by atoms with Gasteiger partial charge in [-0.2, -0.15) is 0 Å². The van der Waals surface area contributed by atoms with E-state index in [2.05, 4.69) is 15.0 Å². The van der Waals surface area contributed by atoms with Crippen LogP contribution < -0.4 is 5.32 Å². The molecule has 0 aliphatic carbocycles. The molecular formula is C11H9ClN2O2. The van der Waals surface area contributed by atoms with Gasteiger partial charge in [0, 0.05) is 6.07 Å². The third-order valence-corrected chi connectivity index (χ3v) is 2.46. The molecule has 0 fully saturated rings. The molecule has 2 rings (SSSR count). The van der Waals surface area contributed by atoms with Gasteiger partial charge in [-0.3, -0.25) is 4.79 Å². The Morgan fingerprint density at radius 3 is 2.69 bits per heavy atom. The first kappa shape index (κ1) is 10.7. The van der Waals surface area contributed by atoms with Crippen molar-refractivity contribution in [2.75, 3.05) is 5.32 Å². The van der Waals surface area contributed by atoms with E-state index >= 15 is 0 Å². The maximum absolute atomic E-state index is 11.7. The fourth-order valence-electron chi connectivity index (χ4n) is 1.24. The molecule has 1 aromatic carbocycles. The fraction of sp³-hybridized carbons (Fsp3) is 0.0909. The Morgan fingerprint density at radius 1 is 1.31 bits per heavy atom. The second-order valence-electron chi connectivity index (χ2n) is 3.15. The molecule has 0 aliphatic heterocycles. The van der Waals surface area contributed by atoms with Gasteiger partial charge >= 0.3 is 0 Å². The van der Waals surface area contributed by atoms with E-state index in [1.165, 1.54) is 6.26 Å². The van der Waals surface area contributed by atoms with Crippen molar-refractivity contribution in [3.05, 3.63) is 48.2 Å². The smallest absolute Gasteiger partial charge is 0.248 e. The first-order chi connectivity index (χ1) is 7.77. The van der Waals surface area contributed by atoms with Crippen LogP contribution >= 0.6 is 11.6 Å². The van der Waals surface area contributed by atoms with Crippen molar-refractivity contribution in [3.8, 4) is 0 Å². The maximum Gasteiger partial charge on any atom is 0.248 e. The molecule has 1 N–H and O–H groups in total. The second kappa shape index (κ2) is 4.81. The minimum atomic E-state index is -0.738. The minimum Gasteiger partial charge on any atom is -0.363 e. The lowest BCUT2D eigenvalue weighted by molar-refractivity contribution is -0.116. The van der Waals surface area contributed by atoms with Crippen molar-refractivity contribution < 1.29 is 9.32 Å². The molecule has 0 bridgehead atoms. The van der Waals surface area contributed by atoms with Gasteiger partial charge in [0.25, 0.3) is 0 Å². The number of halogens is 1. The number of carbonyl (C=O) groups is 1. The number of amides is 1. The topological polar surface area (TPSA) is 55.1 Å². The largest absolute Gasteiger partial charge is 0.363 e. The Labute approximate surface area is 97.2 Å². The lowest BCUT2D eigenvalue weighted by atomic mass is 10.1. The molecule has 0 spiro atoms. The molecule has 0 saturated carbocycles. The molecular weight excluding hydrogens is 228 g/mol. The van der Waals surface area contributed by atoms with Gasteiger partial charge in [0.2, 0.25) is 5.91 Å². The average molecular weight is 237 g/mol. The van der Waals surface area contributed by atoms with E-state index in [1.807, 2.05) is 18.2 Å². The first-order valence-electron chi connectivity index (χ1n) is 4.67. The van der Waals surface area contributed by atoms with Gasteiger partial charge in [-0.15, -0.1) is 11.6 Å². The zero-order chi connectivity index (χ0) is 11.4. The lowest BCUT2D eigenvalue weighted by Gasteiger charge is -2.08. The lowest BCUT2D eigenvalue weighted by Crippen LogP contribution is -2.17. The zero-order valence-corrected chi connectivity index (χ0v) is 9.02. The predicted octanol–water partition coefficient (Wildman–Crippen LogP) is 2.59. The van der Waals surface area contributed by atoms with E-state index < -0.39 is 5.38 Å². The number of nitrogens with zero attached hydrogens (tertiary/aromatic N) is 1. The third kappa shape index (κ3) is 2.41. The van der Waals surface area contributed by atoms with Gasteiger partial charge < -0.3 is 9.84 Å². The van der Waals surface area contributed by atoms with Crippen molar-refractivity contribution in [1.82, 2.24) is 5.16 Å². The molecule has 1 aromatic heterocycles. The van der Waals surface area contributed by atoms with E-state index in [1.54, 1.807) is 18.2 Å². The van der Waals surface area contributed by atoms with E-state index in [-0.39, 0.29) is 5.91 Å². The van der Waals surface area contributed by atoms with Crippen LogP contribution in [0.25, 0.3) is 0 Å². The van der Waals surface area contributed by atoms with Crippen LogP contribution in [0.3, 0.4) is 0 Å². The monoisotopic (exact) mass is 236 g/mol. The third-order valence-electron chi connectivity index (χ3n) is 2.01. The molecule has 82 valence electrons. The number of rotatable bonds is 3. The van der Waals surface area contributed by atoms with Crippen molar-refractivity contribution >= 4 is 23.3 Å². The van der Waals surface area contributed by atoms with Crippen molar-refractivity contribution in [1.29, 1.82) is 0 Å². The molecule has 0 saturated heterocycles. The van der Waals surface area contributed by atoms with Gasteiger partial charge in [0.05, 0.1) is 0 Å². The SMILES string of the molecule is O=C(Nc1ccon1)C(Cl)c1ccccc1. The van der Waals surface area contributed by atoms with Crippen molar-refractivity contribution in [2.45, 2.75) is 5.38 Å². The molecule has 4 nitrogen and oxygen atoms in total. The highest BCUT2D eigenvalue weighted by Crippen LogP contribution is 2.21. The van der Waals surface area contributed by atoms with Crippen LogP contribution in [-0.2, 0) is 4.79 Å². The number of carbonyl (C=O) groups excluding carboxylic acids is 1. The number of benzene rings is 1. The molecule has 0 radical (unpaired) electrons. The standard InChI is InChI=1S/C11H9ClN2O2/c12-10(8-4-2-1-3-5-8)11(15)13-9-6-7-16-14-9/h1-7,10H,(H,13,14,15). The normalized spacial score (nSPS) is 12.1. The maximum atomic E-state index is 11.7.